The molecular formula is C27H25NO8. The van der Waals surface area contributed by atoms with Crippen molar-refractivity contribution in [3.63, 3.8) is 0 Å². The molecule has 4 unspecified atom stereocenters. The van der Waals surface area contributed by atoms with E-state index in [0.29, 0.717) is 28.0 Å². The van der Waals surface area contributed by atoms with Crippen LogP contribution in [0, 0.1) is 17.8 Å². The zero-order valence-electron chi connectivity index (χ0n) is 19.8. The number of nitrogens with zero attached hydrogens (tertiary/aromatic N) is 1. The van der Waals surface area contributed by atoms with Crippen LogP contribution in [0.5, 0.6) is 11.5 Å². The van der Waals surface area contributed by atoms with E-state index < -0.39 is 41.5 Å². The van der Waals surface area contributed by atoms with E-state index in [2.05, 4.69) is 0 Å². The van der Waals surface area contributed by atoms with E-state index in [9.17, 15) is 29.1 Å². The van der Waals surface area contributed by atoms with Gasteiger partial charge >= 0.3 is 5.97 Å². The number of imide groups is 1. The number of likely N-dealkylation sites (tertiary alicyclic amines) is 1. The molecule has 3 aliphatic carbocycles. The first-order chi connectivity index (χ1) is 17.1. The maximum absolute atomic E-state index is 13.4. The molecule has 0 bridgehead atoms. The van der Waals surface area contributed by atoms with Gasteiger partial charge < -0.3 is 14.9 Å². The van der Waals surface area contributed by atoms with Crippen LogP contribution in [0.3, 0.4) is 0 Å². The summed E-state index contributed by atoms with van der Waals surface area (Å²) in [5.74, 6) is -4.99. The van der Waals surface area contributed by atoms with Crippen molar-refractivity contribution in [3.05, 3.63) is 58.2 Å². The Kier molecular flexibility index (Phi) is 5.65. The molecule has 0 spiro atoms. The summed E-state index contributed by atoms with van der Waals surface area (Å²) in [7, 11) is 1.46. The second-order valence-electron chi connectivity index (χ2n) is 9.63. The number of phenolic OH excluding ortho intramolecular Hbond substituents is 1. The number of carbonyl (C=O) groups is 5. The predicted molar refractivity (Wildman–Crippen MR) is 125 cm³/mol. The highest BCUT2D eigenvalue weighted by atomic mass is 16.5. The molecule has 9 nitrogen and oxygen atoms in total. The molecule has 186 valence electrons. The number of aromatic hydroxyl groups is 1. The Labute approximate surface area is 206 Å². The zero-order chi connectivity index (χ0) is 25.9. The summed E-state index contributed by atoms with van der Waals surface area (Å²) in [5, 5.41) is 19.9. The van der Waals surface area contributed by atoms with Crippen LogP contribution < -0.4 is 4.74 Å². The minimum Gasteiger partial charge on any atom is -0.507 e. The number of hydrogen-bond donors (Lipinski definition) is 2. The molecule has 4 atom stereocenters. The molecule has 9 heteroatoms. The van der Waals surface area contributed by atoms with E-state index in [1.807, 2.05) is 6.08 Å². The summed E-state index contributed by atoms with van der Waals surface area (Å²) < 4.78 is 5.19. The lowest BCUT2D eigenvalue weighted by Gasteiger charge is -2.42. The van der Waals surface area contributed by atoms with E-state index in [4.69, 9.17) is 9.84 Å². The minimum atomic E-state index is -1.11. The molecule has 1 aromatic carbocycles. The molecule has 0 aromatic heterocycles. The molecule has 2 N–H and O–H groups in total. The third-order valence-corrected chi connectivity index (χ3v) is 7.75. The van der Waals surface area contributed by atoms with Gasteiger partial charge in [-0.15, -0.1) is 0 Å². The average molecular weight is 491 g/mol. The fourth-order valence-electron chi connectivity index (χ4n) is 6.10. The van der Waals surface area contributed by atoms with Crippen LogP contribution in [-0.4, -0.2) is 58.1 Å². The second-order valence-corrected chi connectivity index (χ2v) is 9.63. The van der Waals surface area contributed by atoms with Crippen molar-refractivity contribution < 1.29 is 38.9 Å². The van der Waals surface area contributed by atoms with Gasteiger partial charge in [0.25, 0.3) is 0 Å². The Morgan fingerprint density at radius 3 is 2.56 bits per heavy atom. The topological polar surface area (TPSA) is 138 Å². The number of allylic oxidation sites excluding steroid dienone is 6. The van der Waals surface area contributed by atoms with Gasteiger partial charge in [-0.25, -0.2) is 0 Å². The Morgan fingerprint density at radius 1 is 1.14 bits per heavy atom. The summed E-state index contributed by atoms with van der Waals surface area (Å²) in [6.45, 7) is 1.36. The van der Waals surface area contributed by atoms with Gasteiger partial charge in [-0.05, 0) is 37.8 Å². The molecule has 1 aliphatic heterocycles. The maximum Gasteiger partial charge on any atom is 0.305 e. The predicted octanol–water partition coefficient (Wildman–Crippen LogP) is 2.31. The molecule has 1 aromatic rings. The number of carboxylic acid groups (broad SMARTS) is 1. The monoisotopic (exact) mass is 491 g/mol. The van der Waals surface area contributed by atoms with Crippen molar-refractivity contribution in [2.45, 2.75) is 32.1 Å². The van der Waals surface area contributed by atoms with Gasteiger partial charge in [0.1, 0.15) is 11.5 Å². The number of benzene rings is 1. The van der Waals surface area contributed by atoms with Crippen LogP contribution in [-0.2, 0) is 24.0 Å². The van der Waals surface area contributed by atoms with Crippen molar-refractivity contribution in [2.75, 3.05) is 13.7 Å². The van der Waals surface area contributed by atoms with Crippen LogP contribution in [0.2, 0.25) is 0 Å². The van der Waals surface area contributed by atoms with E-state index in [1.165, 1.54) is 19.3 Å². The number of ether oxygens (including phenoxy) is 1. The van der Waals surface area contributed by atoms with E-state index in [0.717, 1.165) is 4.90 Å². The number of phenols is 1. The summed E-state index contributed by atoms with van der Waals surface area (Å²) in [6, 6.07) is 4.73. The third kappa shape index (κ3) is 3.49. The lowest BCUT2D eigenvalue weighted by Crippen LogP contribution is -2.40. The number of carbonyl (C=O) groups excluding carboxylic acids is 4. The molecule has 4 aliphatic rings. The minimum absolute atomic E-state index is 0.112. The van der Waals surface area contributed by atoms with Gasteiger partial charge in [0.2, 0.25) is 11.8 Å². The highest BCUT2D eigenvalue weighted by Crippen LogP contribution is 2.56. The molecular weight excluding hydrogens is 466 g/mol. The van der Waals surface area contributed by atoms with Gasteiger partial charge in [0, 0.05) is 40.8 Å². The van der Waals surface area contributed by atoms with Crippen LogP contribution in [0.15, 0.2) is 52.6 Å². The molecule has 1 fully saturated rings. The molecule has 1 saturated heterocycles. The number of rotatable bonds is 5. The summed E-state index contributed by atoms with van der Waals surface area (Å²) in [4.78, 5) is 65.0. The van der Waals surface area contributed by atoms with Crippen molar-refractivity contribution in [2.24, 2.45) is 17.8 Å². The fraction of sp³-hybridized carbons (Fsp3) is 0.370. The Hall–Kier alpha value is -4.01. The van der Waals surface area contributed by atoms with Gasteiger partial charge in [-0.2, -0.15) is 0 Å². The first-order valence-electron chi connectivity index (χ1n) is 11.8. The van der Waals surface area contributed by atoms with Gasteiger partial charge in [-0.3, -0.25) is 28.9 Å². The first kappa shape index (κ1) is 23.7. The van der Waals surface area contributed by atoms with Gasteiger partial charge in [0.05, 0.1) is 25.4 Å². The molecule has 0 radical (unpaired) electrons. The van der Waals surface area contributed by atoms with Crippen molar-refractivity contribution >= 4 is 29.4 Å². The fourth-order valence-corrected chi connectivity index (χ4v) is 6.10. The highest BCUT2D eigenvalue weighted by molar-refractivity contribution is 6.24. The Morgan fingerprint density at radius 2 is 1.89 bits per heavy atom. The number of Topliss-reactive ketones (excluding diaryl/α,β-unsaturated/α-hetero) is 1. The molecule has 36 heavy (non-hydrogen) atoms. The smallest absolute Gasteiger partial charge is 0.305 e. The summed E-state index contributed by atoms with van der Waals surface area (Å²) in [6.07, 6.45) is 3.16. The number of amides is 2. The summed E-state index contributed by atoms with van der Waals surface area (Å²) >= 11 is 0. The zero-order valence-corrected chi connectivity index (χ0v) is 19.8. The van der Waals surface area contributed by atoms with Crippen molar-refractivity contribution in [1.82, 2.24) is 4.90 Å². The van der Waals surface area contributed by atoms with Crippen LogP contribution in [0.1, 0.15) is 37.7 Å². The standard InChI is InChI=1S/C27H25NO8/c1-12-9-19(29)18-11-17-14(5-6-16-23(17)27(35)28(26(16)34)8-7-21(31)32)22(24(18)25(12)33)15-4-3-13(36-2)10-20(15)30/h3-5,9-10,16-17,22-23,30H,6-8,11H2,1-2H3,(H,31,32). The van der Waals surface area contributed by atoms with Crippen molar-refractivity contribution in [3.8, 4) is 11.5 Å². The summed E-state index contributed by atoms with van der Waals surface area (Å²) in [5.41, 5.74) is 2.01. The van der Waals surface area contributed by atoms with E-state index >= 15 is 0 Å². The second kappa shape index (κ2) is 8.58. The lowest BCUT2D eigenvalue weighted by molar-refractivity contribution is -0.142. The van der Waals surface area contributed by atoms with Crippen LogP contribution >= 0.6 is 0 Å². The van der Waals surface area contributed by atoms with Crippen LogP contribution in [0.25, 0.3) is 0 Å². The molecule has 1 heterocycles. The number of hydrogen-bond acceptors (Lipinski definition) is 7. The number of methoxy groups -OCH3 is 1. The quantitative estimate of drug-likeness (QED) is 0.364. The number of aliphatic carboxylic acids is 1. The number of ketones is 2. The average Bonchev–Trinajstić information content (AvgIpc) is 3.09. The molecule has 0 saturated carbocycles. The lowest BCUT2D eigenvalue weighted by atomic mass is 9.59. The normalized spacial score (nSPS) is 27.3. The van der Waals surface area contributed by atoms with Crippen LogP contribution in [0.4, 0.5) is 0 Å². The number of carboxylic acids is 1. The molecule has 5 rings (SSSR count). The number of fused-ring (bicyclic) bond motifs is 3. The van der Waals surface area contributed by atoms with Crippen molar-refractivity contribution in [1.29, 1.82) is 0 Å². The van der Waals surface area contributed by atoms with E-state index in [1.54, 1.807) is 19.1 Å². The third-order valence-electron chi connectivity index (χ3n) is 7.75. The maximum atomic E-state index is 13.4. The highest BCUT2D eigenvalue weighted by Gasteiger charge is 2.56. The molecule has 2 amide bonds. The van der Waals surface area contributed by atoms with E-state index in [-0.39, 0.29) is 48.7 Å². The Balaban J connectivity index is 1.63. The Bertz CT molecular complexity index is 1330. The van der Waals surface area contributed by atoms with Gasteiger partial charge in [-0.1, -0.05) is 17.7 Å². The first-order valence-corrected chi connectivity index (χ1v) is 11.8. The van der Waals surface area contributed by atoms with Gasteiger partial charge in [0.15, 0.2) is 11.6 Å². The SMILES string of the molecule is COc1ccc(C2C3=CCC4C(=O)N(CCC(=O)O)C(=O)C4C3CC3=C2C(=O)C(C)=CC3=O)c(O)c1. The largest absolute Gasteiger partial charge is 0.507 e.